The Balaban J connectivity index is 1.45. The molecule has 0 atom stereocenters. The number of aryl methyl sites for hydroxylation is 3. The van der Waals surface area contributed by atoms with E-state index in [1.54, 1.807) is 23.1 Å². The SMILES string of the molecule is Cc1cc(C)n(-c2cc(N3CCN(C(=O)Nc4ccccc4F)CC3)nc(C)n2)n1. The molecule has 0 saturated carbocycles. The van der Waals surface area contributed by atoms with Crippen molar-refractivity contribution in [1.29, 1.82) is 0 Å². The maximum Gasteiger partial charge on any atom is 0.322 e. The molecule has 8 nitrogen and oxygen atoms in total. The lowest BCUT2D eigenvalue weighted by Gasteiger charge is -2.35. The molecule has 3 heterocycles. The van der Waals surface area contributed by atoms with Gasteiger partial charge in [-0.1, -0.05) is 12.1 Å². The predicted octanol–water partition coefficient (Wildman–Crippen LogP) is 3.08. The monoisotopic (exact) mass is 409 g/mol. The van der Waals surface area contributed by atoms with E-state index in [-0.39, 0.29) is 11.7 Å². The summed E-state index contributed by atoms with van der Waals surface area (Å²) in [6.07, 6.45) is 0. The average molecular weight is 409 g/mol. The minimum Gasteiger partial charge on any atom is -0.353 e. The summed E-state index contributed by atoms with van der Waals surface area (Å²) in [6, 6.07) is 9.77. The zero-order valence-corrected chi connectivity index (χ0v) is 17.3. The summed E-state index contributed by atoms with van der Waals surface area (Å²) in [6.45, 7) is 8.07. The number of urea groups is 1. The standard InChI is InChI=1S/C21H24FN7O/c1-14-12-15(2)29(26-14)20-13-19(23-16(3)24-20)27-8-10-28(11-9-27)21(30)25-18-7-5-4-6-17(18)22/h4-7,12-13H,8-11H2,1-3H3,(H,25,30). The van der Waals surface area contributed by atoms with Gasteiger partial charge in [-0.25, -0.2) is 23.8 Å². The largest absolute Gasteiger partial charge is 0.353 e. The number of rotatable bonds is 3. The van der Waals surface area contributed by atoms with Crippen LogP contribution in [-0.4, -0.2) is 56.9 Å². The third kappa shape index (κ3) is 4.10. The number of carbonyl (C=O) groups excluding carboxylic acids is 1. The Kier molecular flexibility index (Phi) is 5.35. The Morgan fingerprint density at radius 3 is 2.37 bits per heavy atom. The molecule has 1 fully saturated rings. The van der Waals surface area contributed by atoms with Gasteiger partial charge in [0.15, 0.2) is 5.82 Å². The van der Waals surface area contributed by atoms with Crippen LogP contribution < -0.4 is 10.2 Å². The smallest absolute Gasteiger partial charge is 0.322 e. The molecule has 0 aliphatic carbocycles. The van der Waals surface area contributed by atoms with E-state index in [1.165, 1.54) is 6.07 Å². The normalized spacial score (nSPS) is 14.1. The molecule has 1 saturated heterocycles. The second kappa shape index (κ2) is 8.10. The molecule has 1 N–H and O–H groups in total. The number of halogens is 1. The molecule has 0 spiro atoms. The van der Waals surface area contributed by atoms with Gasteiger partial charge >= 0.3 is 6.03 Å². The second-order valence-electron chi connectivity index (χ2n) is 7.35. The summed E-state index contributed by atoms with van der Waals surface area (Å²) in [4.78, 5) is 25.4. The molecule has 30 heavy (non-hydrogen) atoms. The van der Waals surface area contributed by atoms with E-state index in [0.29, 0.717) is 32.0 Å². The van der Waals surface area contributed by atoms with E-state index in [2.05, 4.69) is 25.3 Å². The Labute approximate surface area is 174 Å². The van der Waals surface area contributed by atoms with Gasteiger partial charge in [-0.15, -0.1) is 0 Å². The zero-order valence-electron chi connectivity index (χ0n) is 17.3. The topological polar surface area (TPSA) is 79.2 Å². The first kappa shape index (κ1) is 19.8. The fourth-order valence-corrected chi connectivity index (χ4v) is 3.56. The molecule has 0 radical (unpaired) electrons. The van der Waals surface area contributed by atoms with Crippen molar-refractivity contribution in [1.82, 2.24) is 24.6 Å². The third-order valence-corrected chi connectivity index (χ3v) is 5.04. The first-order chi connectivity index (χ1) is 14.4. The van der Waals surface area contributed by atoms with Crippen LogP contribution in [0.15, 0.2) is 36.4 Å². The number of nitrogens with one attached hydrogen (secondary N) is 1. The molecule has 1 aliphatic rings. The molecule has 3 aromatic rings. The second-order valence-corrected chi connectivity index (χ2v) is 7.35. The molecular formula is C21H24FN7O. The molecule has 156 valence electrons. The summed E-state index contributed by atoms with van der Waals surface area (Å²) >= 11 is 0. The molecule has 9 heteroatoms. The van der Waals surface area contributed by atoms with Crippen LogP contribution >= 0.6 is 0 Å². The number of carbonyl (C=O) groups is 1. The molecule has 0 unspecified atom stereocenters. The highest BCUT2D eigenvalue weighted by Crippen LogP contribution is 2.19. The lowest BCUT2D eigenvalue weighted by molar-refractivity contribution is 0.208. The number of amides is 2. The predicted molar refractivity (Wildman–Crippen MR) is 113 cm³/mol. The fourth-order valence-electron chi connectivity index (χ4n) is 3.56. The van der Waals surface area contributed by atoms with Crippen LogP contribution in [-0.2, 0) is 0 Å². The molecule has 1 aromatic carbocycles. The van der Waals surface area contributed by atoms with Gasteiger partial charge in [-0.2, -0.15) is 5.10 Å². The minimum atomic E-state index is -0.447. The van der Waals surface area contributed by atoms with Crippen LogP contribution in [0.5, 0.6) is 0 Å². The highest BCUT2D eigenvalue weighted by Gasteiger charge is 2.23. The summed E-state index contributed by atoms with van der Waals surface area (Å²) in [5.41, 5.74) is 2.12. The molecule has 2 amide bonds. The average Bonchev–Trinajstić information content (AvgIpc) is 3.07. The van der Waals surface area contributed by atoms with Crippen LogP contribution in [0.4, 0.5) is 20.7 Å². The van der Waals surface area contributed by atoms with Gasteiger partial charge in [0.25, 0.3) is 0 Å². The molecule has 0 bridgehead atoms. The van der Waals surface area contributed by atoms with Crippen LogP contribution in [0, 0.1) is 26.6 Å². The summed E-state index contributed by atoms with van der Waals surface area (Å²) < 4.78 is 15.6. The quantitative estimate of drug-likeness (QED) is 0.719. The van der Waals surface area contributed by atoms with Gasteiger partial charge in [0.1, 0.15) is 17.5 Å². The first-order valence-corrected chi connectivity index (χ1v) is 9.85. The van der Waals surface area contributed by atoms with Crippen LogP contribution in [0.3, 0.4) is 0 Å². The van der Waals surface area contributed by atoms with Crippen LogP contribution in [0.25, 0.3) is 5.82 Å². The van der Waals surface area contributed by atoms with E-state index in [9.17, 15) is 9.18 Å². The number of benzene rings is 1. The van der Waals surface area contributed by atoms with Gasteiger partial charge in [-0.3, -0.25) is 0 Å². The summed E-state index contributed by atoms with van der Waals surface area (Å²) in [5.74, 6) is 1.74. The number of piperazine rings is 1. The molecule has 2 aromatic heterocycles. The van der Waals surface area contributed by atoms with Crippen LogP contribution in [0.2, 0.25) is 0 Å². The maximum atomic E-state index is 13.8. The van der Waals surface area contributed by atoms with Crippen molar-refractivity contribution in [3.8, 4) is 5.82 Å². The highest BCUT2D eigenvalue weighted by atomic mass is 19.1. The van der Waals surface area contributed by atoms with Gasteiger partial charge in [-0.05, 0) is 39.0 Å². The van der Waals surface area contributed by atoms with E-state index in [4.69, 9.17) is 0 Å². The van der Waals surface area contributed by atoms with E-state index >= 15 is 0 Å². The van der Waals surface area contributed by atoms with Crippen LogP contribution in [0.1, 0.15) is 17.2 Å². The van der Waals surface area contributed by atoms with Crippen molar-refractivity contribution in [2.45, 2.75) is 20.8 Å². The van der Waals surface area contributed by atoms with Crippen molar-refractivity contribution in [3.63, 3.8) is 0 Å². The van der Waals surface area contributed by atoms with Crippen molar-refractivity contribution in [2.75, 3.05) is 36.4 Å². The van der Waals surface area contributed by atoms with Gasteiger partial charge in [0.2, 0.25) is 0 Å². The first-order valence-electron chi connectivity index (χ1n) is 9.85. The van der Waals surface area contributed by atoms with Crippen molar-refractivity contribution < 1.29 is 9.18 Å². The number of anilines is 2. The number of hydrogen-bond acceptors (Lipinski definition) is 5. The Morgan fingerprint density at radius 2 is 1.70 bits per heavy atom. The Hall–Kier alpha value is -3.49. The molecule has 1 aliphatic heterocycles. The fraction of sp³-hybridized carbons (Fsp3) is 0.333. The number of nitrogens with zero attached hydrogens (tertiary/aromatic N) is 6. The lowest BCUT2D eigenvalue weighted by Crippen LogP contribution is -2.50. The van der Waals surface area contributed by atoms with E-state index in [0.717, 1.165) is 23.0 Å². The van der Waals surface area contributed by atoms with Gasteiger partial charge < -0.3 is 15.1 Å². The van der Waals surface area contributed by atoms with Crippen molar-refractivity contribution >= 4 is 17.5 Å². The molecular weight excluding hydrogens is 385 g/mol. The number of para-hydroxylation sites is 1. The Morgan fingerprint density at radius 1 is 1.00 bits per heavy atom. The lowest BCUT2D eigenvalue weighted by atomic mass is 10.3. The van der Waals surface area contributed by atoms with Crippen molar-refractivity contribution in [2.24, 2.45) is 0 Å². The number of hydrogen-bond donors (Lipinski definition) is 1. The summed E-state index contributed by atoms with van der Waals surface area (Å²) in [7, 11) is 0. The van der Waals surface area contributed by atoms with Gasteiger partial charge in [0, 0.05) is 37.9 Å². The van der Waals surface area contributed by atoms with Crippen molar-refractivity contribution in [3.05, 3.63) is 59.4 Å². The third-order valence-electron chi connectivity index (χ3n) is 5.04. The van der Waals surface area contributed by atoms with Gasteiger partial charge in [0.05, 0.1) is 11.4 Å². The Bertz CT molecular complexity index is 1070. The zero-order chi connectivity index (χ0) is 21.3. The molecule has 4 rings (SSSR count). The van der Waals surface area contributed by atoms with E-state index in [1.807, 2.05) is 37.6 Å². The number of aromatic nitrogens is 4. The summed E-state index contributed by atoms with van der Waals surface area (Å²) in [5, 5.41) is 7.15. The van der Waals surface area contributed by atoms with E-state index < -0.39 is 5.82 Å². The maximum absolute atomic E-state index is 13.8. The minimum absolute atomic E-state index is 0.186. The highest BCUT2D eigenvalue weighted by molar-refractivity contribution is 5.89.